The third-order valence-electron chi connectivity index (χ3n) is 7.41. The summed E-state index contributed by atoms with van der Waals surface area (Å²) in [5.74, 6) is 0.295. The van der Waals surface area contributed by atoms with Gasteiger partial charge in [0.1, 0.15) is 5.69 Å². The van der Waals surface area contributed by atoms with E-state index in [2.05, 4.69) is 24.3 Å². The zero-order valence-electron chi connectivity index (χ0n) is 20.3. The molecule has 2 aliphatic rings. The predicted molar refractivity (Wildman–Crippen MR) is 145 cm³/mol. The Balaban J connectivity index is 1.19. The van der Waals surface area contributed by atoms with Crippen LogP contribution in [0, 0.1) is 0 Å². The van der Waals surface area contributed by atoms with E-state index in [1.165, 1.54) is 11.1 Å². The van der Waals surface area contributed by atoms with E-state index >= 15 is 0 Å². The van der Waals surface area contributed by atoms with E-state index in [4.69, 9.17) is 28.2 Å². The van der Waals surface area contributed by atoms with Crippen LogP contribution < -0.4 is 0 Å². The second kappa shape index (κ2) is 10.9. The monoisotopic (exact) mass is 541 g/mol. The van der Waals surface area contributed by atoms with Gasteiger partial charge < -0.3 is 9.80 Å². The van der Waals surface area contributed by atoms with Crippen LogP contribution in [0.2, 0.25) is 10.0 Å². The molecule has 0 spiro atoms. The number of halogens is 2. The Bertz CT molecular complexity index is 1270. The number of thiazole rings is 1. The highest BCUT2D eigenvalue weighted by atomic mass is 35.5. The molecule has 0 radical (unpaired) electrons. The van der Waals surface area contributed by atoms with E-state index in [0.717, 1.165) is 42.7 Å². The smallest absolute Gasteiger partial charge is 0.273 e. The molecule has 1 aromatic heterocycles. The minimum Gasteiger partial charge on any atom is -0.342 e. The first-order valence-electron chi connectivity index (χ1n) is 12.4. The van der Waals surface area contributed by atoms with Gasteiger partial charge in [-0.25, -0.2) is 4.98 Å². The number of amides is 2. The molecule has 2 aromatic carbocycles. The van der Waals surface area contributed by atoms with Crippen LogP contribution in [0.4, 0.5) is 0 Å². The Hall–Kier alpha value is -2.41. The normalized spacial score (nSPS) is 18.1. The molecule has 0 bridgehead atoms. The molecule has 2 heterocycles. The predicted octanol–water partition coefficient (Wildman–Crippen LogP) is 6.55. The number of benzene rings is 2. The first-order chi connectivity index (χ1) is 17.4. The highest BCUT2D eigenvalue weighted by Crippen LogP contribution is 2.35. The summed E-state index contributed by atoms with van der Waals surface area (Å²) in [6.45, 7) is 1.34. The van der Waals surface area contributed by atoms with Gasteiger partial charge in [-0.2, -0.15) is 0 Å². The lowest BCUT2D eigenvalue weighted by Gasteiger charge is -2.33. The number of carbonyl (C=O) groups is 2. The first-order valence-corrected chi connectivity index (χ1v) is 14.1. The Morgan fingerprint density at radius 2 is 1.89 bits per heavy atom. The van der Waals surface area contributed by atoms with E-state index in [1.807, 2.05) is 22.2 Å². The van der Waals surface area contributed by atoms with Gasteiger partial charge in [0.25, 0.3) is 5.91 Å². The summed E-state index contributed by atoms with van der Waals surface area (Å²) in [7, 11) is 1.89. The van der Waals surface area contributed by atoms with Crippen molar-refractivity contribution in [1.82, 2.24) is 14.8 Å². The van der Waals surface area contributed by atoms with Crippen molar-refractivity contribution in [3.63, 3.8) is 0 Å². The van der Waals surface area contributed by atoms with E-state index in [9.17, 15) is 9.59 Å². The van der Waals surface area contributed by atoms with Gasteiger partial charge in [-0.3, -0.25) is 9.59 Å². The number of aromatic nitrogens is 1. The molecular weight excluding hydrogens is 513 g/mol. The van der Waals surface area contributed by atoms with Crippen LogP contribution in [0.3, 0.4) is 0 Å². The lowest BCUT2D eigenvalue weighted by Crippen LogP contribution is -2.38. The first kappa shape index (κ1) is 25.2. The molecule has 1 atom stereocenters. The summed E-state index contributed by atoms with van der Waals surface area (Å²) in [5.41, 5.74) is 3.87. The maximum Gasteiger partial charge on any atom is 0.273 e. The van der Waals surface area contributed by atoms with E-state index in [-0.39, 0.29) is 30.2 Å². The molecule has 2 amide bonds. The summed E-state index contributed by atoms with van der Waals surface area (Å²) < 4.78 is 0. The van der Waals surface area contributed by atoms with Crippen LogP contribution >= 0.6 is 34.5 Å². The number of hydrogen-bond acceptors (Lipinski definition) is 4. The Morgan fingerprint density at radius 1 is 1.11 bits per heavy atom. The van der Waals surface area contributed by atoms with Crippen LogP contribution in [-0.2, 0) is 17.6 Å². The number of piperidine rings is 1. The minimum absolute atomic E-state index is 0.0229. The average molecular weight is 543 g/mol. The molecule has 0 N–H and O–H groups in total. The number of fused-ring (bicyclic) bond motifs is 1. The van der Waals surface area contributed by atoms with Crippen molar-refractivity contribution in [2.75, 3.05) is 20.1 Å². The van der Waals surface area contributed by atoms with Crippen LogP contribution in [0.25, 0.3) is 0 Å². The van der Waals surface area contributed by atoms with Gasteiger partial charge in [0.05, 0.1) is 17.5 Å². The zero-order chi connectivity index (χ0) is 25.2. The number of likely N-dealkylation sites (tertiary alicyclic amines) is 1. The second-order valence-electron chi connectivity index (χ2n) is 9.66. The summed E-state index contributed by atoms with van der Waals surface area (Å²) in [4.78, 5) is 34.7. The van der Waals surface area contributed by atoms with Crippen LogP contribution in [0.1, 0.15) is 69.8 Å². The molecule has 36 heavy (non-hydrogen) atoms. The van der Waals surface area contributed by atoms with Crippen molar-refractivity contribution in [2.24, 2.45) is 0 Å². The van der Waals surface area contributed by atoms with Gasteiger partial charge in [0.2, 0.25) is 5.91 Å². The highest BCUT2D eigenvalue weighted by Gasteiger charge is 2.30. The van der Waals surface area contributed by atoms with Crippen molar-refractivity contribution < 1.29 is 9.59 Å². The van der Waals surface area contributed by atoms with E-state index in [0.29, 0.717) is 28.8 Å². The number of aryl methyl sites for hydroxylation is 1. The molecule has 1 saturated heterocycles. The topological polar surface area (TPSA) is 53.5 Å². The Kier molecular flexibility index (Phi) is 7.65. The Labute approximate surface area is 226 Å². The molecule has 188 valence electrons. The van der Waals surface area contributed by atoms with Crippen molar-refractivity contribution in [3.05, 3.63) is 85.3 Å². The fraction of sp³-hybridized carbons (Fsp3) is 0.393. The van der Waals surface area contributed by atoms with E-state index < -0.39 is 0 Å². The number of nitrogens with zero attached hydrogens (tertiary/aromatic N) is 3. The van der Waals surface area contributed by atoms with Gasteiger partial charge >= 0.3 is 0 Å². The van der Waals surface area contributed by atoms with Gasteiger partial charge in [0.15, 0.2) is 0 Å². The second-order valence-corrected chi connectivity index (χ2v) is 11.4. The molecule has 1 unspecified atom stereocenters. The minimum atomic E-state index is -0.0229. The SMILES string of the molecule is CN(C(=O)c1csc(C2CCN(C(=O)Cc3cc(Cl)ccc3Cl)CC2)n1)C1CCCc2ccccc21. The standard InChI is InChI=1S/C28H29Cl2N3O2S/c1-32(25-8-4-6-18-5-2-3-7-22(18)25)28(35)24-17-36-27(31-24)19-11-13-33(14-12-19)26(34)16-20-15-21(29)9-10-23(20)30/h2-3,5,7,9-10,15,17,19,25H,4,6,8,11-14,16H2,1H3. The molecule has 1 aliphatic carbocycles. The van der Waals surface area contributed by atoms with Gasteiger partial charge in [-0.1, -0.05) is 47.5 Å². The van der Waals surface area contributed by atoms with Crippen LogP contribution in [-0.4, -0.2) is 46.7 Å². The third-order valence-corrected chi connectivity index (χ3v) is 9.02. The number of hydrogen-bond donors (Lipinski definition) is 0. The zero-order valence-corrected chi connectivity index (χ0v) is 22.6. The molecule has 0 saturated carbocycles. The summed E-state index contributed by atoms with van der Waals surface area (Å²) in [6.07, 6.45) is 5.05. The fourth-order valence-electron chi connectivity index (χ4n) is 5.36. The maximum atomic E-state index is 13.3. The summed E-state index contributed by atoms with van der Waals surface area (Å²) >= 11 is 13.9. The van der Waals surface area contributed by atoms with Crippen molar-refractivity contribution >= 4 is 46.4 Å². The molecule has 1 aliphatic heterocycles. The fourth-order valence-corrected chi connectivity index (χ4v) is 6.70. The third kappa shape index (κ3) is 5.31. The largest absolute Gasteiger partial charge is 0.342 e. The van der Waals surface area contributed by atoms with Crippen LogP contribution in [0.5, 0.6) is 0 Å². The molecule has 1 fully saturated rings. The number of carbonyl (C=O) groups excluding carboxylic acids is 2. The van der Waals surface area contributed by atoms with Crippen molar-refractivity contribution in [2.45, 2.75) is 50.5 Å². The highest BCUT2D eigenvalue weighted by molar-refractivity contribution is 7.09. The van der Waals surface area contributed by atoms with Crippen LogP contribution in [0.15, 0.2) is 47.8 Å². The maximum absolute atomic E-state index is 13.3. The Morgan fingerprint density at radius 3 is 2.69 bits per heavy atom. The van der Waals surface area contributed by atoms with E-state index in [1.54, 1.807) is 29.5 Å². The van der Waals surface area contributed by atoms with Gasteiger partial charge in [0, 0.05) is 41.5 Å². The lowest BCUT2D eigenvalue weighted by atomic mass is 9.87. The summed E-state index contributed by atoms with van der Waals surface area (Å²) in [6, 6.07) is 13.7. The quantitative estimate of drug-likeness (QED) is 0.368. The molecule has 8 heteroatoms. The molecular formula is C28H29Cl2N3O2S. The molecule has 5 nitrogen and oxygen atoms in total. The lowest BCUT2D eigenvalue weighted by molar-refractivity contribution is -0.131. The van der Waals surface area contributed by atoms with Crippen molar-refractivity contribution in [1.29, 1.82) is 0 Å². The summed E-state index contributed by atoms with van der Waals surface area (Å²) in [5, 5.41) is 4.01. The molecule has 5 rings (SSSR count). The van der Waals surface area contributed by atoms with Gasteiger partial charge in [-0.15, -0.1) is 11.3 Å². The van der Waals surface area contributed by atoms with Gasteiger partial charge in [-0.05, 0) is 67.0 Å². The van der Waals surface area contributed by atoms with Crippen molar-refractivity contribution in [3.8, 4) is 0 Å². The average Bonchev–Trinajstić information content (AvgIpc) is 3.40. The molecule has 3 aromatic rings. The number of rotatable bonds is 5.